The molecule has 1 aromatic rings. The minimum atomic E-state index is -0.677. The highest BCUT2D eigenvalue weighted by atomic mass is 16.4. The Kier molecular flexibility index (Phi) is 3.33. The standard InChI is InChI=1S/C15H21NO2/c1-11-6-4-5-7-13(11)16-10-12(14(17)18)8-9-15(16,2)3/h4-7,12H,8-10H2,1-3H3,(H,17,18). The second-order valence-corrected chi connectivity index (χ2v) is 5.78. The van der Waals surface area contributed by atoms with Crippen molar-refractivity contribution in [1.29, 1.82) is 0 Å². The predicted octanol–water partition coefficient (Wildman–Crippen LogP) is 3.07. The zero-order valence-electron chi connectivity index (χ0n) is 11.3. The van der Waals surface area contributed by atoms with Crippen molar-refractivity contribution in [2.75, 3.05) is 11.4 Å². The van der Waals surface area contributed by atoms with Crippen LogP contribution < -0.4 is 4.90 Å². The molecule has 3 heteroatoms. The fourth-order valence-corrected chi connectivity index (χ4v) is 2.71. The summed E-state index contributed by atoms with van der Waals surface area (Å²) in [4.78, 5) is 13.5. The first-order valence-electron chi connectivity index (χ1n) is 6.48. The van der Waals surface area contributed by atoms with Gasteiger partial charge in [-0.25, -0.2) is 0 Å². The lowest BCUT2D eigenvalue weighted by molar-refractivity contribution is -0.142. The summed E-state index contributed by atoms with van der Waals surface area (Å²) in [6.07, 6.45) is 1.68. The van der Waals surface area contributed by atoms with E-state index in [1.54, 1.807) is 0 Å². The average Bonchev–Trinajstić information content (AvgIpc) is 2.29. The van der Waals surface area contributed by atoms with Gasteiger partial charge in [-0.1, -0.05) is 18.2 Å². The maximum absolute atomic E-state index is 11.2. The molecule has 1 aliphatic heterocycles. The van der Waals surface area contributed by atoms with Crippen LogP contribution >= 0.6 is 0 Å². The predicted molar refractivity (Wildman–Crippen MR) is 73.0 cm³/mol. The van der Waals surface area contributed by atoms with E-state index in [4.69, 9.17) is 0 Å². The number of aryl methyl sites for hydroxylation is 1. The van der Waals surface area contributed by atoms with E-state index >= 15 is 0 Å². The van der Waals surface area contributed by atoms with Gasteiger partial charge >= 0.3 is 5.97 Å². The van der Waals surface area contributed by atoms with Crippen LogP contribution in [0.2, 0.25) is 0 Å². The molecule has 0 aromatic heterocycles. The van der Waals surface area contributed by atoms with E-state index in [0.29, 0.717) is 6.54 Å². The largest absolute Gasteiger partial charge is 0.481 e. The summed E-state index contributed by atoms with van der Waals surface area (Å²) in [5, 5.41) is 9.22. The van der Waals surface area contributed by atoms with Gasteiger partial charge in [-0.3, -0.25) is 4.79 Å². The van der Waals surface area contributed by atoms with Crippen LogP contribution in [0, 0.1) is 12.8 Å². The number of aliphatic carboxylic acids is 1. The molecule has 1 heterocycles. The van der Waals surface area contributed by atoms with Crippen molar-refractivity contribution < 1.29 is 9.90 Å². The van der Waals surface area contributed by atoms with Gasteiger partial charge in [-0.2, -0.15) is 0 Å². The number of rotatable bonds is 2. The van der Waals surface area contributed by atoms with Gasteiger partial charge in [0, 0.05) is 17.8 Å². The van der Waals surface area contributed by atoms with Gasteiger partial charge < -0.3 is 10.0 Å². The topological polar surface area (TPSA) is 40.5 Å². The molecule has 1 aromatic carbocycles. The zero-order valence-corrected chi connectivity index (χ0v) is 11.3. The summed E-state index contributed by atoms with van der Waals surface area (Å²) in [5.74, 6) is -0.929. The molecule has 0 bridgehead atoms. The van der Waals surface area contributed by atoms with Crippen LogP contribution in [0.5, 0.6) is 0 Å². The average molecular weight is 247 g/mol. The second kappa shape index (κ2) is 4.63. The van der Waals surface area contributed by atoms with Crippen LogP contribution in [0.1, 0.15) is 32.3 Å². The number of nitrogens with zero attached hydrogens (tertiary/aromatic N) is 1. The Morgan fingerprint density at radius 2 is 2.06 bits per heavy atom. The van der Waals surface area contributed by atoms with Gasteiger partial charge in [0.15, 0.2) is 0 Å². The molecule has 1 fully saturated rings. The molecule has 2 rings (SSSR count). The molecule has 98 valence electrons. The lowest BCUT2D eigenvalue weighted by Crippen LogP contribution is -2.52. The summed E-state index contributed by atoms with van der Waals surface area (Å²) in [7, 11) is 0. The van der Waals surface area contributed by atoms with Crippen LogP contribution in [-0.4, -0.2) is 23.2 Å². The molecular weight excluding hydrogens is 226 g/mol. The van der Waals surface area contributed by atoms with E-state index in [2.05, 4.69) is 37.8 Å². The van der Waals surface area contributed by atoms with Gasteiger partial charge in [0.05, 0.1) is 5.92 Å². The minimum absolute atomic E-state index is 0.0259. The lowest BCUT2D eigenvalue weighted by atomic mass is 9.84. The Hall–Kier alpha value is -1.51. The highest BCUT2D eigenvalue weighted by Gasteiger charge is 2.37. The van der Waals surface area contributed by atoms with Crippen molar-refractivity contribution in [2.24, 2.45) is 5.92 Å². The van der Waals surface area contributed by atoms with E-state index in [-0.39, 0.29) is 11.5 Å². The van der Waals surface area contributed by atoms with Gasteiger partial charge in [0.1, 0.15) is 0 Å². The molecule has 3 nitrogen and oxygen atoms in total. The summed E-state index contributed by atoms with van der Waals surface area (Å²) >= 11 is 0. The summed E-state index contributed by atoms with van der Waals surface area (Å²) in [6.45, 7) is 7.07. The molecule has 1 N–H and O–H groups in total. The van der Waals surface area contributed by atoms with Crippen molar-refractivity contribution >= 4 is 11.7 Å². The Morgan fingerprint density at radius 1 is 1.39 bits per heavy atom. The van der Waals surface area contributed by atoms with Crippen molar-refractivity contribution in [1.82, 2.24) is 0 Å². The number of para-hydroxylation sites is 1. The summed E-state index contributed by atoms with van der Waals surface area (Å²) < 4.78 is 0. The van der Waals surface area contributed by atoms with Crippen LogP contribution in [0.4, 0.5) is 5.69 Å². The number of carboxylic acid groups (broad SMARTS) is 1. The molecule has 0 aliphatic carbocycles. The monoisotopic (exact) mass is 247 g/mol. The van der Waals surface area contributed by atoms with E-state index in [9.17, 15) is 9.90 Å². The fourth-order valence-electron chi connectivity index (χ4n) is 2.71. The number of carboxylic acids is 1. The molecule has 0 radical (unpaired) electrons. The number of carbonyl (C=O) groups is 1. The Balaban J connectivity index is 2.33. The number of anilines is 1. The molecule has 0 spiro atoms. The Morgan fingerprint density at radius 3 is 2.67 bits per heavy atom. The van der Waals surface area contributed by atoms with Crippen LogP contribution in [-0.2, 0) is 4.79 Å². The minimum Gasteiger partial charge on any atom is -0.481 e. The smallest absolute Gasteiger partial charge is 0.308 e. The van der Waals surface area contributed by atoms with Crippen molar-refractivity contribution in [3.63, 3.8) is 0 Å². The zero-order chi connectivity index (χ0) is 13.3. The van der Waals surface area contributed by atoms with E-state index in [1.807, 2.05) is 12.1 Å². The SMILES string of the molecule is Cc1ccccc1N1CC(C(=O)O)CCC1(C)C. The van der Waals surface area contributed by atoms with E-state index in [0.717, 1.165) is 18.5 Å². The maximum atomic E-state index is 11.2. The third kappa shape index (κ3) is 2.35. The van der Waals surface area contributed by atoms with Gasteiger partial charge in [0.2, 0.25) is 0 Å². The first kappa shape index (κ1) is 12.9. The first-order chi connectivity index (χ1) is 8.42. The van der Waals surface area contributed by atoms with E-state index < -0.39 is 5.97 Å². The number of piperidine rings is 1. The molecule has 1 saturated heterocycles. The second-order valence-electron chi connectivity index (χ2n) is 5.78. The maximum Gasteiger partial charge on any atom is 0.308 e. The van der Waals surface area contributed by atoms with Crippen LogP contribution in [0.3, 0.4) is 0 Å². The Bertz CT molecular complexity index is 454. The lowest BCUT2D eigenvalue weighted by Gasteiger charge is -2.46. The summed E-state index contributed by atoms with van der Waals surface area (Å²) in [6, 6.07) is 8.20. The van der Waals surface area contributed by atoms with Gasteiger partial charge in [0.25, 0.3) is 0 Å². The third-order valence-corrected chi connectivity index (χ3v) is 3.99. The number of hydrogen-bond donors (Lipinski definition) is 1. The first-order valence-corrected chi connectivity index (χ1v) is 6.48. The number of hydrogen-bond acceptors (Lipinski definition) is 2. The van der Waals surface area contributed by atoms with Gasteiger partial charge in [-0.15, -0.1) is 0 Å². The molecule has 1 atom stereocenters. The molecule has 0 amide bonds. The highest BCUT2D eigenvalue weighted by molar-refractivity contribution is 5.72. The third-order valence-electron chi connectivity index (χ3n) is 3.99. The fraction of sp³-hybridized carbons (Fsp3) is 0.533. The quantitative estimate of drug-likeness (QED) is 0.873. The summed E-state index contributed by atoms with van der Waals surface area (Å²) in [5.41, 5.74) is 2.39. The molecule has 18 heavy (non-hydrogen) atoms. The highest BCUT2D eigenvalue weighted by Crippen LogP contribution is 2.36. The number of benzene rings is 1. The van der Waals surface area contributed by atoms with Gasteiger partial charge in [-0.05, 0) is 45.2 Å². The van der Waals surface area contributed by atoms with E-state index in [1.165, 1.54) is 5.56 Å². The van der Waals surface area contributed by atoms with Crippen molar-refractivity contribution in [3.8, 4) is 0 Å². The normalized spacial score (nSPS) is 22.8. The van der Waals surface area contributed by atoms with Crippen molar-refractivity contribution in [2.45, 2.75) is 39.2 Å². The molecular formula is C15H21NO2. The van der Waals surface area contributed by atoms with Crippen LogP contribution in [0.15, 0.2) is 24.3 Å². The molecule has 1 aliphatic rings. The molecule has 0 saturated carbocycles. The Labute approximate surface area is 108 Å². The molecule has 1 unspecified atom stereocenters. The van der Waals surface area contributed by atoms with Crippen molar-refractivity contribution in [3.05, 3.63) is 29.8 Å². The van der Waals surface area contributed by atoms with Crippen LogP contribution in [0.25, 0.3) is 0 Å².